The predicted molar refractivity (Wildman–Crippen MR) is 260 cm³/mol. The monoisotopic (exact) mass is 857 g/mol. The second kappa shape index (κ2) is 27.5. The van der Waals surface area contributed by atoms with Crippen molar-refractivity contribution in [3.63, 3.8) is 0 Å². The highest BCUT2D eigenvalue weighted by Crippen LogP contribution is 2.23. The molecule has 2 atom stereocenters. The topological polar surface area (TPSA) is 120 Å². The molecule has 2 amide bonds. The molecule has 60 heavy (non-hydrogen) atoms. The molecule has 3 rings (SSSR count). The van der Waals surface area contributed by atoms with Gasteiger partial charge < -0.3 is 36.4 Å². The molecule has 2 aromatic carbocycles. The van der Waals surface area contributed by atoms with E-state index in [0.717, 1.165) is 67.9 Å². The van der Waals surface area contributed by atoms with E-state index in [1.165, 1.54) is 38.4 Å². The van der Waals surface area contributed by atoms with E-state index in [0.29, 0.717) is 24.6 Å². The number of carbonyl (C=O) groups excluding carboxylic acids is 2. The Kier molecular flexibility index (Phi) is 22.9. The van der Waals surface area contributed by atoms with Crippen molar-refractivity contribution >= 4 is 63.0 Å². The summed E-state index contributed by atoms with van der Waals surface area (Å²) in [6.45, 7) is 13.4. The van der Waals surface area contributed by atoms with Gasteiger partial charge in [-0.05, 0) is 85.7 Å². The van der Waals surface area contributed by atoms with Gasteiger partial charge in [-0.1, -0.05) is 83.2 Å². The van der Waals surface area contributed by atoms with Crippen LogP contribution in [0.1, 0.15) is 62.4 Å². The Labute approximate surface area is 369 Å². The third-order valence-electron chi connectivity index (χ3n) is 10.3. The van der Waals surface area contributed by atoms with E-state index in [1.807, 2.05) is 14.1 Å². The Morgan fingerprint density at radius 1 is 0.700 bits per heavy atom. The number of carbonyl (C=O) groups is 2. The SMILES string of the molecule is CC/C=C(\C=C/[NH2+]CC)/C=C/c1ccc(N(C)CCCN(C)C(=O)C(N)CSSCC(N)C(=O)N(C)CCCN(C)c2ccc(/C=C/c3cc[n+](CC)c(C)c3)cc2)cc1. The number of aryl methyl sites for hydroxylation is 2. The number of amides is 2. The second-order valence-electron chi connectivity index (χ2n) is 15.2. The molecule has 0 aliphatic rings. The lowest BCUT2D eigenvalue weighted by Crippen LogP contribution is -2.77. The van der Waals surface area contributed by atoms with E-state index in [-0.39, 0.29) is 11.8 Å². The van der Waals surface area contributed by atoms with Crippen LogP contribution in [0, 0.1) is 6.92 Å². The molecule has 0 radical (unpaired) electrons. The van der Waals surface area contributed by atoms with Gasteiger partial charge >= 0.3 is 0 Å². The van der Waals surface area contributed by atoms with Gasteiger partial charge in [0.25, 0.3) is 0 Å². The quantitative estimate of drug-likeness (QED) is 0.0377. The third-order valence-corrected chi connectivity index (χ3v) is 12.7. The average Bonchev–Trinajstić information content (AvgIpc) is 3.25. The zero-order valence-corrected chi connectivity index (χ0v) is 39.1. The molecule has 2 unspecified atom stereocenters. The van der Waals surface area contributed by atoms with E-state index >= 15 is 0 Å². The summed E-state index contributed by atoms with van der Waals surface area (Å²) in [5.74, 6) is 0.732. The first kappa shape index (κ1) is 50.0. The van der Waals surface area contributed by atoms with E-state index in [1.54, 1.807) is 9.80 Å². The summed E-state index contributed by atoms with van der Waals surface area (Å²) in [6.07, 6.45) is 19.8. The normalized spacial score (nSPS) is 13.0. The van der Waals surface area contributed by atoms with Crippen LogP contribution in [-0.4, -0.2) is 106 Å². The van der Waals surface area contributed by atoms with Crippen LogP contribution in [0.4, 0.5) is 11.4 Å². The molecule has 0 aliphatic heterocycles. The minimum absolute atomic E-state index is 0.0819. The standard InChI is InChI=1S/C48H71N8O2S2/c1-9-14-39(27-29-51-10-2)15-16-40-19-23-43(24-20-40)52(5)30-12-32-54(7)47(57)45(49)36-59-60-37-46(50)48(58)55(8)33-13-31-53(6)44-25-21-41(22-26-44)17-18-42-28-34-56(11-3)38(4)35-42/h14-29,34-35,45-46,51H,9-13,30-33,36-37,49-50H2,1-8H3/q+1/p+1/b16-15+,29-27-,39-14-. The zero-order chi connectivity index (χ0) is 43.9. The fourth-order valence-corrected chi connectivity index (χ4v) is 8.68. The molecule has 1 aromatic heterocycles. The molecule has 12 heteroatoms. The maximum absolute atomic E-state index is 13.0. The molecule has 0 spiro atoms. The first-order valence-electron chi connectivity index (χ1n) is 21.3. The summed E-state index contributed by atoms with van der Waals surface area (Å²) in [5, 5.41) is 2.16. The van der Waals surface area contributed by atoms with E-state index in [9.17, 15) is 9.59 Å². The van der Waals surface area contributed by atoms with Crippen molar-refractivity contribution < 1.29 is 19.5 Å². The van der Waals surface area contributed by atoms with Crippen LogP contribution in [0.3, 0.4) is 0 Å². The fraction of sp³-hybridized carbons (Fsp3) is 0.438. The van der Waals surface area contributed by atoms with Gasteiger partial charge in [-0.2, -0.15) is 0 Å². The van der Waals surface area contributed by atoms with Crippen molar-refractivity contribution in [3.8, 4) is 0 Å². The molecule has 3 aromatic rings. The Bertz CT molecular complexity index is 1860. The number of aromatic nitrogens is 1. The maximum atomic E-state index is 13.0. The number of likely N-dealkylation sites (N-methyl/N-ethyl adjacent to an activating group) is 2. The summed E-state index contributed by atoms with van der Waals surface area (Å²) in [4.78, 5) is 33.8. The molecular formula is C48H72N8O2S2+2. The number of hydrogen-bond acceptors (Lipinski definition) is 8. The highest BCUT2D eigenvalue weighted by Gasteiger charge is 2.21. The van der Waals surface area contributed by atoms with Crippen LogP contribution in [-0.2, 0) is 16.1 Å². The Hall–Kier alpha value is -4.33. The van der Waals surface area contributed by atoms with Crippen molar-refractivity contribution in [2.75, 3.05) is 82.2 Å². The molecule has 0 saturated heterocycles. The van der Waals surface area contributed by atoms with Gasteiger partial charge in [0.2, 0.25) is 11.8 Å². The molecule has 0 saturated carbocycles. The molecule has 0 fully saturated rings. The number of nitrogens with two attached hydrogens (primary N) is 3. The number of anilines is 2. The van der Waals surface area contributed by atoms with Crippen molar-refractivity contribution in [2.24, 2.45) is 11.5 Å². The maximum Gasteiger partial charge on any atom is 0.240 e. The molecule has 6 N–H and O–H groups in total. The largest absolute Gasteiger partial charge is 0.375 e. The van der Waals surface area contributed by atoms with Crippen LogP contribution in [0.2, 0.25) is 0 Å². The number of pyridine rings is 1. The number of hydrogen-bond donors (Lipinski definition) is 3. The van der Waals surface area contributed by atoms with Crippen molar-refractivity contribution in [2.45, 2.75) is 65.6 Å². The van der Waals surface area contributed by atoms with Gasteiger partial charge in [0.1, 0.15) is 6.54 Å². The summed E-state index contributed by atoms with van der Waals surface area (Å²) in [6, 6.07) is 20.2. The molecule has 10 nitrogen and oxygen atoms in total. The van der Waals surface area contributed by atoms with E-state index in [2.05, 4.69) is 171 Å². The molecule has 0 aliphatic carbocycles. The first-order valence-corrected chi connectivity index (χ1v) is 23.8. The lowest BCUT2D eigenvalue weighted by molar-refractivity contribution is -0.699. The van der Waals surface area contributed by atoms with Crippen LogP contribution >= 0.6 is 21.6 Å². The highest BCUT2D eigenvalue weighted by molar-refractivity contribution is 8.76. The van der Waals surface area contributed by atoms with Gasteiger partial charge in [0.15, 0.2) is 11.9 Å². The van der Waals surface area contributed by atoms with Crippen LogP contribution < -0.4 is 31.2 Å². The van der Waals surface area contributed by atoms with E-state index in [4.69, 9.17) is 11.5 Å². The number of quaternary nitrogens is 1. The highest BCUT2D eigenvalue weighted by atomic mass is 33.1. The van der Waals surface area contributed by atoms with Gasteiger partial charge in [0, 0.05) is 96.3 Å². The van der Waals surface area contributed by atoms with Crippen molar-refractivity contribution in [1.29, 1.82) is 0 Å². The molecule has 326 valence electrons. The Balaban J connectivity index is 1.30. The van der Waals surface area contributed by atoms with Crippen molar-refractivity contribution in [3.05, 3.63) is 119 Å². The first-order chi connectivity index (χ1) is 28.9. The smallest absolute Gasteiger partial charge is 0.240 e. The number of nitrogens with zero attached hydrogens (tertiary/aromatic N) is 5. The minimum atomic E-state index is -0.621. The molecule has 0 bridgehead atoms. The zero-order valence-electron chi connectivity index (χ0n) is 37.4. The lowest BCUT2D eigenvalue weighted by atomic mass is 10.1. The number of allylic oxidation sites excluding steroid dienone is 4. The van der Waals surface area contributed by atoms with Gasteiger partial charge in [-0.3, -0.25) is 9.59 Å². The van der Waals surface area contributed by atoms with Crippen LogP contribution in [0.25, 0.3) is 18.2 Å². The predicted octanol–water partition coefficient (Wildman–Crippen LogP) is 6.23. The lowest BCUT2D eigenvalue weighted by Gasteiger charge is -2.24. The fourth-order valence-electron chi connectivity index (χ4n) is 6.45. The van der Waals surface area contributed by atoms with Gasteiger partial charge in [-0.25, -0.2) is 4.57 Å². The van der Waals surface area contributed by atoms with Crippen molar-refractivity contribution in [1.82, 2.24) is 9.80 Å². The van der Waals surface area contributed by atoms with Crippen LogP contribution in [0.5, 0.6) is 0 Å². The second-order valence-corrected chi connectivity index (χ2v) is 17.8. The minimum Gasteiger partial charge on any atom is -0.375 e. The third kappa shape index (κ3) is 17.7. The summed E-state index contributed by atoms with van der Waals surface area (Å²) >= 11 is 0. The summed E-state index contributed by atoms with van der Waals surface area (Å²) < 4.78 is 2.23. The van der Waals surface area contributed by atoms with Gasteiger partial charge in [0.05, 0.1) is 24.8 Å². The Morgan fingerprint density at radius 2 is 1.20 bits per heavy atom. The molecular weight excluding hydrogens is 785 g/mol. The van der Waals surface area contributed by atoms with Crippen LogP contribution in [0.15, 0.2) is 96.9 Å². The molecule has 1 heterocycles. The number of rotatable bonds is 26. The average molecular weight is 857 g/mol. The number of benzene rings is 2. The Morgan fingerprint density at radius 3 is 1.67 bits per heavy atom. The van der Waals surface area contributed by atoms with Gasteiger partial charge in [-0.15, -0.1) is 0 Å². The van der Waals surface area contributed by atoms with E-state index < -0.39 is 12.1 Å². The summed E-state index contributed by atoms with van der Waals surface area (Å²) in [5.41, 5.74) is 20.8. The summed E-state index contributed by atoms with van der Waals surface area (Å²) in [7, 11) is 10.7.